The molecule has 2 aromatic rings. The number of hydrazone groups is 1. The number of benzene rings is 1. The van der Waals surface area contributed by atoms with Gasteiger partial charge in [0.2, 0.25) is 5.91 Å². The second-order valence-corrected chi connectivity index (χ2v) is 5.70. The van der Waals surface area contributed by atoms with Crippen molar-refractivity contribution >= 4 is 51.6 Å². The summed E-state index contributed by atoms with van der Waals surface area (Å²) in [5.41, 5.74) is 2.94. The molecule has 0 bridgehead atoms. The number of halogens is 2. The van der Waals surface area contributed by atoms with E-state index in [0.717, 1.165) is 22.3 Å². The van der Waals surface area contributed by atoms with Gasteiger partial charge in [-0.15, -0.1) is 11.3 Å². The average molecular weight is 369 g/mol. The number of carbonyl (C=O) groups excluding carboxylic acids is 1. The Labute approximate surface area is 146 Å². The molecule has 0 spiro atoms. The normalized spacial score (nSPS) is 10.7. The molecule has 2 rings (SSSR count). The number of thiocarbonyl (C=S) groups is 1. The largest absolute Gasteiger partial charge is 0.364 e. The standard InChI is InChI=1S/C14H13F2N5OS2/c1-8(22)21(12-4-3-9(15)5-11(12)16)14-19-10(7-24-14)6-18-20-13(23)17-2/h3-7H,1-2H3,(H2,17,20,23)/b18-6-. The van der Waals surface area contributed by atoms with Crippen molar-refractivity contribution in [2.24, 2.45) is 5.10 Å². The Morgan fingerprint density at radius 1 is 1.46 bits per heavy atom. The molecule has 0 saturated carbocycles. The Balaban J connectivity index is 2.27. The van der Waals surface area contributed by atoms with E-state index in [9.17, 15) is 13.6 Å². The molecule has 0 saturated heterocycles. The highest BCUT2D eigenvalue weighted by atomic mass is 32.1. The molecule has 0 fully saturated rings. The third-order valence-electron chi connectivity index (χ3n) is 2.76. The van der Waals surface area contributed by atoms with Crippen molar-refractivity contribution in [3.05, 3.63) is 40.9 Å². The van der Waals surface area contributed by atoms with E-state index in [1.807, 2.05) is 0 Å². The van der Waals surface area contributed by atoms with Crippen molar-refractivity contribution in [3.8, 4) is 0 Å². The number of rotatable bonds is 4. The second-order valence-electron chi connectivity index (χ2n) is 4.45. The summed E-state index contributed by atoms with van der Waals surface area (Å²) in [6, 6.07) is 2.98. The molecule has 1 aromatic carbocycles. The molecule has 0 radical (unpaired) electrons. The summed E-state index contributed by atoms with van der Waals surface area (Å²) in [7, 11) is 1.65. The first-order valence-electron chi connectivity index (χ1n) is 6.64. The SMILES string of the molecule is CNC(=S)N/N=C\c1csc(N(C(C)=O)c2ccc(F)cc2F)n1. The van der Waals surface area contributed by atoms with Crippen LogP contribution in [0.1, 0.15) is 12.6 Å². The summed E-state index contributed by atoms with van der Waals surface area (Å²) in [6.07, 6.45) is 1.41. The topological polar surface area (TPSA) is 69.6 Å². The smallest absolute Gasteiger partial charge is 0.230 e. The van der Waals surface area contributed by atoms with Crippen molar-refractivity contribution < 1.29 is 13.6 Å². The highest BCUT2D eigenvalue weighted by molar-refractivity contribution is 7.80. The van der Waals surface area contributed by atoms with E-state index in [-0.39, 0.29) is 10.8 Å². The lowest BCUT2D eigenvalue weighted by Crippen LogP contribution is -2.28. The summed E-state index contributed by atoms with van der Waals surface area (Å²) >= 11 is 5.99. The van der Waals surface area contributed by atoms with Crippen LogP contribution in [0, 0.1) is 11.6 Å². The molecular weight excluding hydrogens is 356 g/mol. The van der Waals surface area contributed by atoms with E-state index in [1.54, 1.807) is 12.4 Å². The van der Waals surface area contributed by atoms with Crippen molar-refractivity contribution in [3.63, 3.8) is 0 Å². The van der Waals surface area contributed by atoms with Gasteiger partial charge in [-0.05, 0) is 24.4 Å². The fourth-order valence-electron chi connectivity index (χ4n) is 1.72. The molecule has 1 amide bonds. The first kappa shape index (κ1) is 17.9. The maximum atomic E-state index is 14.0. The minimum atomic E-state index is -0.850. The van der Waals surface area contributed by atoms with Crippen LogP contribution in [-0.4, -0.2) is 29.3 Å². The molecule has 6 nitrogen and oxygen atoms in total. The van der Waals surface area contributed by atoms with Crippen molar-refractivity contribution in [1.29, 1.82) is 0 Å². The Bertz CT molecular complexity index is 793. The molecule has 126 valence electrons. The lowest BCUT2D eigenvalue weighted by atomic mass is 10.2. The van der Waals surface area contributed by atoms with Crippen LogP contribution in [0.2, 0.25) is 0 Å². The van der Waals surface area contributed by atoms with Gasteiger partial charge in [0.25, 0.3) is 0 Å². The van der Waals surface area contributed by atoms with Crippen LogP contribution in [0.5, 0.6) is 0 Å². The lowest BCUT2D eigenvalue weighted by Gasteiger charge is -2.18. The number of thiazole rings is 1. The van der Waals surface area contributed by atoms with Crippen LogP contribution in [0.4, 0.5) is 19.6 Å². The molecule has 1 heterocycles. The Morgan fingerprint density at radius 2 is 2.21 bits per heavy atom. The fraction of sp³-hybridized carbons (Fsp3) is 0.143. The molecule has 0 aliphatic carbocycles. The van der Waals surface area contributed by atoms with E-state index >= 15 is 0 Å². The van der Waals surface area contributed by atoms with Crippen molar-refractivity contribution in [2.45, 2.75) is 6.92 Å². The monoisotopic (exact) mass is 369 g/mol. The first-order chi connectivity index (χ1) is 11.4. The number of hydrogen-bond acceptors (Lipinski definition) is 5. The number of aromatic nitrogens is 1. The maximum absolute atomic E-state index is 14.0. The second kappa shape index (κ2) is 7.88. The highest BCUT2D eigenvalue weighted by Crippen LogP contribution is 2.30. The van der Waals surface area contributed by atoms with E-state index < -0.39 is 17.5 Å². The van der Waals surface area contributed by atoms with Gasteiger partial charge in [0, 0.05) is 25.4 Å². The van der Waals surface area contributed by atoms with E-state index in [0.29, 0.717) is 16.9 Å². The molecular formula is C14H13F2N5OS2. The van der Waals surface area contributed by atoms with Crippen molar-refractivity contribution in [2.75, 3.05) is 11.9 Å². The summed E-state index contributed by atoms with van der Waals surface area (Å²) in [5, 5.41) is 8.77. The first-order valence-corrected chi connectivity index (χ1v) is 7.93. The van der Waals surface area contributed by atoms with Gasteiger partial charge in [-0.3, -0.25) is 15.1 Å². The minimum Gasteiger partial charge on any atom is -0.364 e. The number of carbonyl (C=O) groups is 1. The summed E-state index contributed by atoms with van der Waals surface area (Å²) < 4.78 is 27.0. The van der Waals surface area contributed by atoms with Gasteiger partial charge in [-0.25, -0.2) is 13.8 Å². The molecule has 0 atom stereocenters. The van der Waals surface area contributed by atoms with Crippen LogP contribution in [-0.2, 0) is 4.79 Å². The molecule has 2 N–H and O–H groups in total. The van der Waals surface area contributed by atoms with Gasteiger partial charge in [-0.2, -0.15) is 5.10 Å². The number of anilines is 2. The van der Waals surface area contributed by atoms with Gasteiger partial charge in [0.1, 0.15) is 11.6 Å². The third kappa shape index (κ3) is 4.30. The number of nitrogens with zero attached hydrogens (tertiary/aromatic N) is 3. The predicted molar refractivity (Wildman–Crippen MR) is 93.7 cm³/mol. The van der Waals surface area contributed by atoms with Gasteiger partial charge in [0.05, 0.1) is 17.6 Å². The zero-order chi connectivity index (χ0) is 17.7. The Kier molecular flexibility index (Phi) is 5.88. The molecule has 0 aliphatic rings. The summed E-state index contributed by atoms with van der Waals surface area (Å²) in [6.45, 7) is 1.27. The van der Waals surface area contributed by atoms with Gasteiger partial charge in [-0.1, -0.05) is 0 Å². The summed E-state index contributed by atoms with van der Waals surface area (Å²) in [5.74, 6) is -2.03. The quantitative estimate of drug-likeness (QED) is 0.492. The van der Waals surface area contributed by atoms with Gasteiger partial charge in [0.15, 0.2) is 10.2 Å². The average Bonchev–Trinajstić information content (AvgIpc) is 2.97. The van der Waals surface area contributed by atoms with Crippen LogP contribution < -0.4 is 15.6 Å². The van der Waals surface area contributed by atoms with Crippen LogP contribution in [0.25, 0.3) is 0 Å². The number of amides is 1. The Hall–Kier alpha value is -2.46. The summed E-state index contributed by atoms with van der Waals surface area (Å²) in [4.78, 5) is 17.2. The molecule has 1 aromatic heterocycles. The van der Waals surface area contributed by atoms with Crippen molar-refractivity contribution in [1.82, 2.24) is 15.7 Å². The van der Waals surface area contributed by atoms with Gasteiger partial charge >= 0.3 is 0 Å². The molecule has 24 heavy (non-hydrogen) atoms. The van der Waals surface area contributed by atoms with E-state index in [4.69, 9.17) is 12.2 Å². The maximum Gasteiger partial charge on any atom is 0.230 e. The third-order valence-corrected chi connectivity index (χ3v) is 3.90. The highest BCUT2D eigenvalue weighted by Gasteiger charge is 2.21. The predicted octanol–water partition coefficient (Wildman–Crippen LogP) is 2.53. The van der Waals surface area contributed by atoms with Crippen LogP contribution >= 0.6 is 23.6 Å². The minimum absolute atomic E-state index is 0.0729. The zero-order valence-corrected chi connectivity index (χ0v) is 14.3. The molecule has 0 unspecified atom stereocenters. The van der Waals surface area contributed by atoms with Gasteiger partial charge < -0.3 is 5.32 Å². The molecule has 0 aliphatic heterocycles. The van der Waals surface area contributed by atoms with Crippen LogP contribution in [0.3, 0.4) is 0 Å². The number of hydrogen-bond donors (Lipinski definition) is 2. The molecule has 10 heteroatoms. The van der Waals surface area contributed by atoms with E-state index in [1.165, 1.54) is 19.2 Å². The zero-order valence-electron chi connectivity index (χ0n) is 12.7. The van der Waals surface area contributed by atoms with Crippen LogP contribution in [0.15, 0.2) is 28.7 Å². The lowest BCUT2D eigenvalue weighted by molar-refractivity contribution is -0.115. The number of nitrogens with one attached hydrogen (secondary N) is 2. The van der Waals surface area contributed by atoms with E-state index in [2.05, 4.69) is 20.8 Å². The fourth-order valence-corrected chi connectivity index (χ4v) is 2.60. The Morgan fingerprint density at radius 3 is 2.83 bits per heavy atom.